The number of hydrogen-bond donors (Lipinski definition) is 0. The molecular formula is C19H24ClNO2. The van der Waals surface area contributed by atoms with E-state index in [0.717, 1.165) is 30.8 Å². The Balaban J connectivity index is 2.06. The van der Waals surface area contributed by atoms with Gasteiger partial charge >= 0.3 is 5.97 Å². The third-order valence-corrected chi connectivity index (χ3v) is 4.83. The zero-order valence-corrected chi connectivity index (χ0v) is 14.8. The molecule has 1 aromatic carbocycles. The third kappa shape index (κ3) is 3.12. The molecule has 1 aliphatic carbocycles. The van der Waals surface area contributed by atoms with Crippen molar-refractivity contribution in [1.82, 2.24) is 4.57 Å². The molecule has 0 fully saturated rings. The number of halogens is 1. The average Bonchev–Trinajstić information content (AvgIpc) is 2.80. The smallest absolute Gasteiger partial charge is 0.309 e. The van der Waals surface area contributed by atoms with Gasteiger partial charge in [0.15, 0.2) is 0 Å². The van der Waals surface area contributed by atoms with Crippen LogP contribution >= 0.6 is 11.6 Å². The molecule has 1 aliphatic rings. The van der Waals surface area contributed by atoms with Crippen LogP contribution in [0.2, 0.25) is 5.02 Å². The van der Waals surface area contributed by atoms with E-state index >= 15 is 0 Å². The van der Waals surface area contributed by atoms with E-state index in [1.165, 1.54) is 22.2 Å². The summed E-state index contributed by atoms with van der Waals surface area (Å²) >= 11 is 6.22. The first-order chi connectivity index (χ1) is 11.0. The maximum absolute atomic E-state index is 12.1. The minimum atomic E-state index is -0.0649. The second-order valence-electron chi connectivity index (χ2n) is 6.78. The Morgan fingerprint density at radius 1 is 1.43 bits per heavy atom. The van der Waals surface area contributed by atoms with Crippen LogP contribution in [0.4, 0.5) is 0 Å². The summed E-state index contributed by atoms with van der Waals surface area (Å²) < 4.78 is 7.66. The Bertz CT molecular complexity index is 733. The molecule has 124 valence electrons. The Hall–Kier alpha value is -1.48. The first-order valence-corrected chi connectivity index (χ1v) is 8.85. The standard InChI is InChI=1S/C19H24ClNO2/c1-4-23-19(22)13-5-7-17-15(9-13)16-10-14(20)6-8-18(16)21(17)11-12(2)3/h6,8,10,12-13H,4-5,7,9,11H2,1-3H3. The van der Waals surface area contributed by atoms with Gasteiger partial charge in [-0.2, -0.15) is 0 Å². The highest BCUT2D eigenvalue weighted by molar-refractivity contribution is 6.31. The summed E-state index contributed by atoms with van der Waals surface area (Å²) in [4.78, 5) is 12.1. The number of benzene rings is 1. The van der Waals surface area contributed by atoms with Crippen molar-refractivity contribution >= 4 is 28.5 Å². The lowest BCUT2D eigenvalue weighted by atomic mass is 9.86. The molecular weight excluding hydrogens is 310 g/mol. The Kier molecular flexibility index (Phi) is 4.67. The molecule has 2 aromatic rings. The zero-order valence-electron chi connectivity index (χ0n) is 14.1. The minimum Gasteiger partial charge on any atom is -0.466 e. The van der Waals surface area contributed by atoms with E-state index in [9.17, 15) is 4.79 Å². The van der Waals surface area contributed by atoms with Crippen LogP contribution in [0.5, 0.6) is 0 Å². The number of carbonyl (C=O) groups is 1. The lowest BCUT2D eigenvalue weighted by Gasteiger charge is -2.23. The summed E-state index contributed by atoms with van der Waals surface area (Å²) in [5.41, 5.74) is 3.89. The van der Waals surface area contributed by atoms with Gasteiger partial charge in [0, 0.05) is 28.2 Å². The van der Waals surface area contributed by atoms with E-state index in [-0.39, 0.29) is 11.9 Å². The molecule has 0 saturated carbocycles. The highest BCUT2D eigenvalue weighted by atomic mass is 35.5. The molecule has 4 heteroatoms. The summed E-state index contributed by atoms with van der Waals surface area (Å²) in [6.45, 7) is 7.78. The number of aromatic nitrogens is 1. The van der Waals surface area contributed by atoms with E-state index < -0.39 is 0 Å². The van der Waals surface area contributed by atoms with Crippen molar-refractivity contribution in [3.8, 4) is 0 Å². The van der Waals surface area contributed by atoms with Crippen LogP contribution in [-0.4, -0.2) is 17.1 Å². The normalized spacial score (nSPS) is 17.5. The highest BCUT2D eigenvalue weighted by Crippen LogP contribution is 2.36. The molecule has 23 heavy (non-hydrogen) atoms. The predicted molar refractivity (Wildman–Crippen MR) is 93.9 cm³/mol. The van der Waals surface area contributed by atoms with Gasteiger partial charge in [0.2, 0.25) is 0 Å². The fraction of sp³-hybridized carbons (Fsp3) is 0.526. The van der Waals surface area contributed by atoms with E-state index in [1.807, 2.05) is 19.1 Å². The summed E-state index contributed by atoms with van der Waals surface area (Å²) in [7, 11) is 0. The number of esters is 1. The minimum absolute atomic E-state index is 0.0282. The largest absolute Gasteiger partial charge is 0.466 e. The van der Waals surface area contributed by atoms with Crippen LogP contribution in [0.25, 0.3) is 10.9 Å². The summed E-state index contributed by atoms with van der Waals surface area (Å²) in [5, 5.41) is 1.95. The van der Waals surface area contributed by atoms with E-state index in [4.69, 9.17) is 16.3 Å². The fourth-order valence-corrected chi connectivity index (χ4v) is 3.83. The van der Waals surface area contributed by atoms with Gasteiger partial charge in [0.1, 0.15) is 0 Å². The van der Waals surface area contributed by atoms with Gasteiger partial charge in [-0.1, -0.05) is 25.4 Å². The molecule has 0 bridgehead atoms. The second kappa shape index (κ2) is 6.56. The van der Waals surface area contributed by atoms with Crippen LogP contribution in [-0.2, 0) is 28.9 Å². The van der Waals surface area contributed by atoms with Gasteiger partial charge in [0.25, 0.3) is 0 Å². The Morgan fingerprint density at radius 2 is 2.22 bits per heavy atom. The summed E-state index contributed by atoms with van der Waals surface area (Å²) in [5.74, 6) is 0.484. The summed E-state index contributed by atoms with van der Waals surface area (Å²) in [6.07, 6.45) is 2.56. The van der Waals surface area contributed by atoms with Crippen LogP contribution in [0.1, 0.15) is 38.4 Å². The maximum atomic E-state index is 12.1. The van der Waals surface area contributed by atoms with Gasteiger partial charge in [-0.15, -0.1) is 0 Å². The fourth-order valence-electron chi connectivity index (χ4n) is 3.66. The van der Waals surface area contributed by atoms with Crippen LogP contribution in [0, 0.1) is 11.8 Å². The molecule has 1 heterocycles. The van der Waals surface area contributed by atoms with Gasteiger partial charge in [-0.25, -0.2) is 0 Å². The molecule has 1 unspecified atom stereocenters. The first-order valence-electron chi connectivity index (χ1n) is 8.47. The first kappa shape index (κ1) is 16.4. The SMILES string of the molecule is CCOC(=O)C1CCc2c(c3cc(Cl)ccc3n2CC(C)C)C1. The van der Waals surface area contributed by atoms with Crippen molar-refractivity contribution in [2.24, 2.45) is 11.8 Å². The number of ether oxygens (including phenoxy) is 1. The quantitative estimate of drug-likeness (QED) is 0.764. The monoisotopic (exact) mass is 333 g/mol. The van der Waals surface area contributed by atoms with Gasteiger partial charge in [-0.05, 0) is 55.9 Å². The van der Waals surface area contributed by atoms with E-state index in [1.54, 1.807) is 0 Å². The molecule has 0 spiro atoms. The Labute approximate surface area is 142 Å². The van der Waals surface area contributed by atoms with Crippen molar-refractivity contribution in [2.75, 3.05) is 6.61 Å². The average molecular weight is 334 g/mol. The number of rotatable bonds is 4. The molecule has 0 saturated heterocycles. The lowest BCUT2D eigenvalue weighted by Crippen LogP contribution is -2.25. The Morgan fingerprint density at radius 3 is 2.91 bits per heavy atom. The number of hydrogen-bond acceptors (Lipinski definition) is 2. The second-order valence-corrected chi connectivity index (χ2v) is 7.22. The van der Waals surface area contributed by atoms with Crippen molar-refractivity contribution < 1.29 is 9.53 Å². The topological polar surface area (TPSA) is 31.2 Å². The molecule has 0 N–H and O–H groups in total. The maximum Gasteiger partial charge on any atom is 0.309 e. The highest BCUT2D eigenvalue weighted by Gasteiger charge is 2.30. The molecule has 0 amide bonds. The molecule has 0 radical (unpaired) electrons. The summed E-state index contributed by atoms with van der Waals surface area (Å²) in [6, 6.07) is 6.10. The van der Waals surface area contributed by atoms with Gasteiger partial charge in [0.05, 0.1) is 12.5 Å². The van der Waals surface area contributed by atoms with Crippen LogP contribution in [0.15, 0.2) is 18.2 Å². The molecule has 3 rings (SSSR count). The molecule has 0 aliphatic heterocycles. The van der Waals surface area contributed by atoms with Gasteiger partial charge < -0.3 is 9.30 Å². The predicted octanol–water partition coefficient (Wildman–Crippen LogP) is 4.62. The third-order valence-electron chi connectivity index (χ3n) is 4.60. The van der Waals surface area contributed by atoms with Crippen LogP contribution in [0.3, 0.4) is 0 Å². The molecule has 3 nitrogen and oxygen atoms in total. The van der Waals surface area contributed by atoms with Crippen molar-refractivity contribution in [3.63, 3.8) is 0 Å². The van der Waals surface area contributed by atoms with E-state index in [0.29, 0.717) is 12.5 Å². The van der Waals surface area contributed by atoms with Crippen molar-refractivity contribution in [3.05, 3.63) is 34.5 Å². The number of carbonyl (C=O) groups excluding carboxylic acids is 1. The van der Waals surface area contributed by atoms with Crippen LogP contribution < -0.4 is 0 Å². The molecule has 1 atom stereocenters. The van der Waals surface area contributed by atoms with Crippen molar-refractivity contribution in [1.29, 1.82) is 0 Å². The van der Waals surface area contributed by atoms with Gasteiger partial charge in [-0.3, -0.25) is 4.79 Å². The van der Waals surface area contributed by atoms with E-state index in [2.05, 4.69) is 24.5 Å². The zero-order chi connectivity index (χ0) is 16.6. The van der Waals surface area contributed by atoms with Crippen molar-refractivity contribution in [2.45, 2.75) is 46.6 Å². The number of nitrogens with zero attached hydrogens (tertiary/aromatic N) is 1. The lowest BCUT2D eigenvalue weighted by molar-refractivity contribution is -0.148. The molecule has 1 aromatic heterocycles. The number of fused-ring (bicyclic) bond motifs is 3.